The van der Waals surface area contributed by atoms with Crippen LogP contribution in [0.5, 0.6) is 0 Å². The summed E-state index contributed by atoms with van der Waals surface area (Å²) in [7, 11) is 1.53. The summed E-state index contributed by atoms with van der Waals surface area (Å²) in [5.41, 5.74) is 0. The molecule has 0 unspecified atom stereocenters. The highest BCUT2D eigenvalue weighted by atomic mass is 16.5. The number of hydrogen-bond donors (Lipinski definition) is 0. The second kappa shape index (κ2) is 6.73. The number of hydrogen-bond acceptors (Lipinski definition) is 4. The molecule has 5 nitrogen and oxygen atoms in total. The molecule has 0 atom stereocenters. The average molecular weight is 239 g/mol. The maximum Gasteiger partial charge on any atom is 0.325 e. The predicted molar refractivity (Wildman–Crippen MR) is 61.5 cm³/mol. The normalized spacial score (nSPS) is 10.0. The van der Waals surface area contributed by atoms with E-state index in [0.717, 1.165) is 12.8 Å². The number of likely N-dealkylation sites (N-methyl/N-ethyl adjacent to an activating group) is 1. The van der Waals surface area contributed by atoms with E-state index < -0.39 is 5.97 Å². The van der Waals surface area contributed by atoms with Crippen molar-refractivity contribution in [2.75, 3.05) is 20.2 Å². The van der Waals surface area contributed by atoms with Crippen molar-refractivity contribution in [2.24, 2.45) is 0 Å². The van der Waals surface area contributed by atoms with Gasteiger partial charge in [-0.05, 0) is 18.6 Å². The van der Waals surface area contributed by atoms with Gasteiger partial charge in [-0.2, -0.15) is 0 Å². The second-order valence-electron chi connectivity index (χ2n) is 3.71. The van der Waals surface area contributed by atoms with Crippen molar-refractivity contribution in [3.8, 4) is 0 Å². The lowest BCUT2D eigenvalue weighted by molar-refractivity contribution is -0.144. The third-order valence-corrected chi connectivity index (χ3v) is 2.21. The molecule has 0 aliphatic heterocycles. The molecule has 1 heterocycles. The molecule has 0 aliphatic rings. The molecule has 1 aromatic heterocycles. The molecule has 0 bridgehead atoms. The summed E-state index contributed by atoms with van der Waals surface area (Å²) < 4.78 is 9.91. The fourth-order valence-electron chi connectivity index (χ4n) is 1.23. The van der Waals surface area contributed by atoms with Crippen molar-refractivity contribution in [1.82, 2.24) is 4.90 Å². The van der Waals surface area contributed by atoms with E-state index in [9.17, 15) is 9.59 Å². The lowest BCUT2D eigenvalue weighted by Gasteiger charge is -2.14. The highest BCUT2D eigenvalue weighted by molar-refractivity contribution is 5.93. The Morgan fingerprint density at radius 1 is 1.47 bits per heavy atom. The summed E-state index contributed by atoms with van der Waals surface area (Å²) in [6.07, 6.45) is 3.22. The summed E-state index contributed by atoms with van der Waals surface area (Å²) in [6, 6.07) is 3.18. The first-order valence-corrected chi connectivity index (χ1v) is 5.59. The molecule has 0 saturated carbocycles. The van der Waals surface area contributed by atoms with Crippen LogP contribution in [0.15, 0.2) is 22.8 Å². The van der Waals surface area contributed by atoms with Crippen molar-refractivity contribution in [3.05, 3.63) is 24.2 Å². The first-order valence-electron chi connectivity index (χ1n) is 5.59. The topological polar surface area (TPSA) is 59.8 Å². The van der Waals surface area contributed by atoms with E-state index in [-0.39, 0.29) is 18.2 Å². The standard InChI is InChI=1S/C12H17NO4/c1-3-4-7-17-11(14)9-13(2)12(15)10-6-5-8-16-10/h5-6,8H,3-4,7,9H2,1-2H3. The zero-order valence-corrected chi connectivity index (χ0v) is 10.1. The van der Waals surface area contributed by atoms with Gasteiger partial charge < -0.3 is 14.1 Å². The van der Waals surface area contributed by atoms with Gasteiger partial charge in [0.1, 0.15) is 6.54 Å². The van der Waals surface area contributed by atoms with Gasteiger partial charge in [0, 0.05) is 7.05 Å². The van der Waals surface area contributed by atoms with E-state index in [2.05, 4.69) is 0 Å². The molecule has 0 fully saturated rings. The molecule has 0 saturated heterocycles. The van der Waals surface area contributed by atoms with Crippen LogP contribution in [-0.2, 0) is 9.53 Å². The van der Waals surface area contributed by atoms with Crippen molar-refractivity contribution in [1.29, 1.82) is 0 Å². The number of carbonyl (C=O) groups excluding carboxylic acids is 2. The minimum Gasteiger partial charge on any atom is -0.464 e. The first-order chi connectivity index (χ1) is 8.15. The Kier molecular flexibility index (Phi) is 5.26. The largest absolute Gasteiger partial charge is 0.464 e. The van der Waals surface area contributed by atoms with Gasteiger partial charge >= 0.3 is 5.97 Å². The molecule has 0 spiro atoms. The number of rotatable bonds is 6. The second-order valence-corrected chi connectivity index (χ2v) is 3.71. The molecule has 17 heavy (non-hydrogen) atoms. The Labute approximate surface area is 100 Å². The van der Waals surface area contributed by atoms with Crippen LogP contribution in [-0.4, -0.2) is 37.0 Å². The van der Waals surface area contributed by atoms with E-state index in [4.69, 9.17) is 9.15 Å². The number of nitrogens with zero attached hydrogens (tertiary/aromatic N) is 1. The van der Waals surface area contributed by atoms with Crippen LogP contribution in [0.25, 0.3) is 0 Å². The SMILES string of the molecule is CCCCOC(=O)CN(C)C(=O)c1ccco1. The molecular weight excluding hydrogens is 222 g/mol. The minimum atomic E-state index is -0.402. The zero-order chi connectivity index (χ0) is 12.7. The van der Waals surface area contributed by atoms with E-state index >= 15 is 0 Å². The first kappa shape index (κ1) is 13.3. The third-order valence-electron chi connectivity index (χ3n) is 2.21. The number of amides is 1. The Bertz CT molecular complexity index is 359. The molecular formula is C12H17NO4. The van der Waals surface area contributed by atoms with E-state index in [1.165, 1.54) is 18.2 Å². The van der Waals surface area contributed by atoms with Gasteiger partial charge in [-0.25, -0.2) is 0 Å². The molecule has 1 amide bonds. The summed E-state index contributed by atoms with van der Waals surface area (Å²) in [5.74, 6) is -0.517. The van der Waals surface area contributed by atoms with Crippen LogP contribution in [0.2, 0.25) is 0 Å². The predicted octanol–water partition coefficient (Wildman–Crippen LogP) is 1.69. The van der Waals surface area contributed by atoms with Crippen LogP contribution in [0, 0.1) is 0 Å². The molecule has 94 valence electrons. The Morgan fingerprint density at radius 2 is 2.24 bits per heavy atom. The van der Waals surface area contributed by atoms with Gasteiger partial charge in [0.25, 0.3) is 5.91 Å². The summed E-state index contributed by atoms with van der Waals surface area (Å²) in [4.78, 5) is 24.3. The van der Waals surface area contributed by atoms with Crippen molar-refractivity contribution in [2.45, 2.75) is 19.8 Å². The van der Waals surface area contributed by atoms with E-state index in [1.807, 2.05) is 6.92 Å². The van der Waals surface area contributed by atoms with Gasteiger partial charge in [-0.1, -0.05) is 13.3 Å². The van der Waals surface area contributed by atoms with E-state index in [0.29, 0.717) is 6.61 Å². The Hall–Kier alpha value is -1.78. The number of ether oxygens (including phenoxy) is 1. The number of carbonyl (C=O) groups is 2. The summed E-state index contributed by atoms with van der Waals surface area (Å²) in [5, 5.41) is 0. The molecule has 1 aromatic rings. The fourth-order valence-corrected chi connectivity index (χ4v) is 1.23. The van der Waals surface area contributed by atoms with Crippen LogP contribution in [0.1, 0.15) is 30.3 Å². The quantitative estimate of drug-likeness (QED) is 0.560. The molecule has 5 heteroatoms. The Morgan fingerprint density at radius 3 is 2.82 bits per heavy atom. The average Bonchev–Trinajstić information content (AvgIpc) is 2.81. The molecule has 0 aliphatic carbocycles. The van der Waals surface area contributed by atoms with Crippen molar-refractivity contribution >= 4 is 11.9 Å². The number of unbranched alkanes of at least 4 members (excludes halogenated alkanes) is 1. The minimum absolute atomic E-state index is 0.0662. The third kappa shape index (κ3) is 4.30. The van der Waals surface area contributed by atoms with Crippen LogP contribution >= 0.6 is 0 Å². The fraction of sp³-hybridized carbons (Fsp3) is 0.500. The maximum absolute atomic E-state index is 11.7. The van der Waals surface area contributed by atoms with Crippen molar-refractivity contribution < 1.29 is 18.7 Å². The smallest absolute Gasteiger partial charge is 0.325 e. The molecule has 0 radical (unpaired) electrons. The van der Waals surface area contributed by atoms with Gasteiger partial charge in [0.2, 0.25) is 0 Å². The van der Waals surface area contributed by atoms with E-state index in [1.54, 1.807) is 12.1 Å². The Balaban J connectivity index is 2.36. The number of furan rings is 1. The maximum atomic E-state index is 11.7. The van der Waals surface area contributed by atoms with Crippen molar-refractivity contribution in [3.63, 3.8) is 0 Å². The van der Waals surface area contributed by atoms with Crippen LogP contribution in [0.3, 0.4) is 0 Å². The lowest BCUT2D eigenvalue weighted by atomic mass is 10.3. The molecule has 0 N–H and O–H groups in total. The van der Waals surface area contributed by atoms with Gasteiger partial charge in [-0.15, -0.1) is 0 Å². The summed E-state index contributed by atoms with van der Waals surface area (Å²) in [6.45, 7) is 2.35. The number of esters is 1. The summed E-state index contributed by atoms with van der Waals surface area (Å²) >= 11 is 0. The van der Waals surface area contributed by atoms with Gasteiger partial charge in [-0.3, -0.25) is 9.59 Å². The zero-order valence-electron chi connectivity index (χ0n) is 10.1. The van der Waals surface area contributed by atoms with Gasteiger partial charge in [0.15, 0.2) is 5.76 Å². The molecule has 0 aromatic carbocycles. The van der Waals surface area contributed by atoms with Crippen LogP contribution in [0.4, 0.5) is 0 Å². The van der Waals surface area contributed by atoms with Crippen LogP contribution < -0.4 is 0 Å². The highest BCUT2D eigenvalue weighted by Gasteiger charge is 2.17. The monoisotopic (exact) mass is 239 g/mol. The molecule has 1 rings (SSSR count). The highest BCUT2D eigenvalue weighted by Crippen LogP contribution is 2.04. The lowest BCUT2D eigenvalue weighted by Crippen LogP contribution is -2.32. The van der Waals surface area contributed by atoms with Gasteiger partial charge in [0.05, 0.1) is 12.9 Å².